The van der Waals surface area contributed by atoms with E-state index in [9.17, 15) is 9.46 Å². The quantitative estimate of drug-likeness (QED) is 0.391. The molecule has 1 N–H and O–H groups in total. The molecule has 4 rings (SSSR count). The molecule has 0 saturated heterocycles. The summed E-state index contributed by atoms with van der Waals surface area (Å²) in [5.41, 5.74) is -0.456. The monoisotopic (exact) mass is 460 g/mol. The van der Waals surface area contributed by atoms with E-state index in [4.69, 9.17) is 0 Å². The van der Waals surface area contributed by atoms with Crippen LogP contribution in [-0.4, -0.2) is 16.2 Å². The van der Waals surface area contributed by atoms with Crippen LogP contribution in [0.15, 0.2) is 121 Å². The van der Waals surface area contributed by atoms with Crippen LogP contribution in [0.25, 0.3) is 0 Å². The molecule has 164 valence electrons. The van der Waals surface area contributed by atoms with Crippen LogP contribution in [0, 0.1) is 0 Å². The summed E-state index contributed by atoms with van der Waals surface area (Å²) in [6.07, 6.45) is 0. The Morgan fingerprint density at radius 2 is 0.906 bits per heavy atom. The molecule has 0 radical (unpaired) electrons. The molecule has 4 aromatic carbocycles. The molecule has 0 spiro atoms. The van der Waals surface area contributed by atoms with Gasteiger partial charge in [0.05, 0.1) is 0 Å². The van der Waals surface area contributed by atoms with Gasteiger partial charge >= 0.3 is 192 Å². The van der Waals surface area contributed by atoms with E-state index in [-0.39, 0.29) is 11.3 Å². The third-order valence-corrected chi connectivity index (χ3v) is 14.9. The van der Waals surface area contributed by atoms with Gasteiger partial charge in [-0.15, -0.1) is 0 Å². The summed E-state index contributed by atoms with van der Waals surface area (Å²) >= 11 is 0. The first-order valence-electron chi connectivity index (χ1n) is 11.0. The Kier molecular flexibility index (Phi) is 6.77. The van der Waals surface area contributed by atoms with E-state index < -0.39 is 14.6 Å². The topological polar surface area (TPSA) is 37.3 Å². The van der Waals surface area contributed by atoms with Gasteiger partial charge in [-0.2, -0.15) is 0 Å². The molecule has 4 aromatic rings. The second kappa shape index (κ2) is 9.55. The molecule has 2 atom stereocenters. The summed E-state index contributed by atoms with van der Waals surface area (Å²) in [6, 6.07) is 39.4. The number of rotatable bonds is 7. The standard InChI is InChI=1S/C28H30O2P2/c1-23(31(29,25-15-7-3-8-16-25)26-17-9-4-10-18-26)24(2)32(30,27-19-11-5-12-20-27)28-21-13-6-14-22-28/h3-24,29,31H,1-2H3. The molecule has 32 heavy (non-hydrogen) atoms. The first-order valence-corrected chi connectivity index (χ1v) is 14.8. The molecule has 0 aliphatic carbocycles. The van der Waals surface area contributed by atoms with Crippen molar-refractivity contribution < 1.29 is 9.46 Å². The van der Waals surface area contributed by atoms with Crippen LogP contribution in [0.5, 0.6) is 0 Å². The molecule has 0 heterocycles. The fraction of sp³-hybridized carbons (Fsp3) is 0.143. The zero-order valence-electron chi connectivity index (χ0n) is 18.5. The third-order valence-electron chi connectivity index (χ3n) is 6.66. The summed E-state index contributed by atoms with van der Waals surface area (Å²) in [4.78, 5) is 12.5. The zero-order chi connectivity index (χ0) is 22.6. The van der Waals surface area contributed by atoms with Gasteiger partial charge in [0, 0.05) is 0 Å². The summed E-state index contributed by atoms with van der Waals surface area (Å²) < 4.78 is 15.0. The van der Waals surface area contributed by atoms with Crippen molar-refractivity contribution in [2.75, 3.05) is 0 Å². The Morgan fingerprint density at radius 3 is 1.25 bits per heavy atom. The molecule has 0 fully saturated rings. The van der Waals surface area contributed by atoms with Crippen molar-refractivity contribution in [1.82, 2.24) is 0 Å². The number of hydrogen-bond donors (Lipinski definition) is 1. The first kappa shape index (κ1) is 22.7. The average molecular weight is 460 g/mol. The Morgan fingerprint density at radius 1 is 0.594 bits per heavy atom. The molecule has 2 nitrogen and oxygen atoms in total. The van der Waals surface area contributed by atoms with Crippen molar-refractivity contribution in [2.45, 2.75) is 25.2 Å². The van der Waals surface area contributed by atoms with Crippen molar-refractivity contribution in [2.24, 2.45) is 0 Å². The molecule has 0 amide bonds. The van der Waals surface area contributed by atoms with Crippen molar-refractivity contribution >= 4 is 35.8 Å². The van der Waals surface area contributed by atoms with E-state index in [1.54, 1.807) is 0 Å². The Labute approximate surface area is 191 Å². The van der Waals surface area contributed by atoms with Gasteiger partial charge in [-0.25, -0.2) is 0 Å². The fourth-order valence-corrected chi connectivity index (χ4v) is 12.5. The van der Waals surface area contributed by atoms with E-state index in [1.165, 1.54) is 0 Å². The minimum absolute atomic E-state index is 0.196. The van der Waals surface area contributed by atoms with Gasteiger partial charge in [-0.05, 0) is 0 Å². The van der Waals surface area contributed by atoms with Gasteiger partial charge in [0.15, 0.2) is 0 Å². The van der Waals surface area contributed by atoms with E-state index in [0.717, 1.165) is 21.2 Å². The fourth-order valence-electron chi connectivity index (χ4n) is 4.66. The Balaban J connectivity index is 1.90. The van der Waals surface area contributed by atoms with Crippen LogP contribution in [-0.2, 0) is 4.57 Å². The zero-order valence-corrected chi connectivity index (χ0v) is 20.4. The van der Waals surface area contributed by atoms with E-state index in [0.29, 0.717) is 0 Å². The summed E-state index contributed by atoms with van der Waals surface area (Å²) in [5.74, 6) is 0. The van der Waals surface area contributed by atoms with Crippen LogP contribution in [0.2, 0.25) is 0 Å². The van der Waals surface area contributed by atoms with Gasteiger partial charge < -0.3 is 0 Å². The van der Waals surface area contributed by atoms with E-state index >= 15 is 0 Å². The van der Waals surface area contributed by atoms with Crippen LogP contribution >= 0.6 is 14.6 Å². The third kappa shape index (κ3) is 4.00. The Bertz CT molecular complexity index is 1100. The van der Waals surface area contributed by atoms with Gasteiger partial charge in [0.2, 0.25) is 0 Å². The summed E-state index contributed by atoms with van der Waals surface area (Å²) in [7, 11) is -6.25. The van der Waals surface area contributed by atoms with E-state index in [1.807, 2.05) is 121 Å². The molecular formula is C28H30O2P2. The molecule has 4 heteroatoms. The number of hydrogen-bond acceptors (Lipinski definition) is 2. The SMILES string of the molecule is CC(C(C)[PH](O)(c1ccccc1)c1ccccc1)P(=O)(c1ccccc1)c1ccccc1. The van der Waals surface area contributed by atoms with Gasteiger partial charge in [-0.1, -0.05) is 0 Å². The first-order chi connectivity index (χ1) is 15.5. The predicted molar refractivity (Wildman–Crippen MR) is 141 cm³/mol. The van der Waals surface area contributed by atoms with Crippen LogP contribution in [0.3, 0.4) is 0 Å². The van der Waals surface area contributed by atoms with Crippen molar-refractivity contribution in [3.63, 3.8) is 0 Å². The van der Waals surface area contributed by atoms with E-state index in [2.05, 4.69) is 13.8 Å². The van der Waals surface area contributed by atoms with Gasteiger partial charge in [-0.3, -0.25) is 0 Å². The van der Waals surface area contributed by atoms with Crippen LogP contribution in [0.1, 0.15) is 13.8 Å². The van der Waals surface area contributed by atoms with Crippen LogP contribution in [0.4, 0.5) is 0 Å². The van der Waals surface area contributed by atoms with Gasteiger partial charge in [0.25, 0.3) is 0 Å². The number of benzene rings is 4. The average Bonchev–Trinajstić information content (AvgIpc) is 2.89. The molecule has 0 aliphatic heterocycles. The maximum atomic E-state index is 15.0. The Hall–Kier alpha value is -2.50. The molecular weight excluding hydrogens is 430 g/mol. The molecule has 2 unspecified atom stereocenters. The van der Waals surface area contributed by atoms with Crippen molar-refractivity contribution in [3.05, 3.63) is 121 Å². The van der Waals surface area contributed by atoms with Crippen molar-refractivity contribution in [3.8, 4) is 0 Å². The molecule has 0 bridgehead atoms. The predicted octanol–water partition coefficient (Wildman–Crippen LogP) is 5.09. The molecule has 0 aliphatic rings. The summed E-state index contributed by atoms with van der Waals surface area (Å²) in [6.45, 7) is 4.13. The van der Waals surface area contributed by atoms with Gasteiger partial charge in [0.1, 0.15) is 0 Å². The second-order valence-corrected chi connectivity index (χ2v) is 15.1. The second-order valence-electron chi connectivity index (χ2n) is 8.36. The summed E-state index contributed by atoms with van der Waals surface area (Å²) in [5, 5.41) is 3.56. The molecule has 0 aromatic heterocycles. The maximum absolute atomic E-state index is 15.0. The minimum atomic E-state index is -3.22. The van der Waals surface area contributed by atoms with Crippen LogP contribution < -0.4 is 21.2 Å². The van der Waals surface area contributed by atoms with Crippen molar-refractivity contribution in [1.29, 1.82) is 0 Å². The molecule has 0 saturated carbocycles. The normalized spacial score (nSPS) is 14.5.